The fourth-order valence-electron chi connectivity index (χ4n) is 3.80. The van der Waals surface area contributed by atoms with Gasteiger partial charge in [0.05, 0.1) is 13.2 Å². The summed E-state index contributed by atoms with van der Waals surface area (Å²) in [6.07, 6.45) is -7.17. The minimum absolute atomic E-state index is 0.343. The van der Waals surface area contributed by atoms with Gasteiger partial charge in [-0.25, -0.2) is 0 Å². The van der Waals surface area contributed by atoms with Gasteiger partial charge in [0.25, 0.3) is 0 Å². The number of aliphatic hydroxyl groups is 7. The minimum Gasteiger partial charge on any atom is -0.394 e. The Labute approximate surface area is 182 Å². The SMILES string of the molecule is CCCCCCCCO[C@@H]1OC([C@H](CO)O[C@@H]2O[C@@H]([C@@H](O)CO)[C@H](O)[C@H]2O)[C@H](O)[C@H]1O. The molecule has 0 saturated carbocycles. The average molecular weight is 455 g/mol. The van der Waals surface area contributed by atoms with E-state index in [9.17, 15) is 30.6 Å². The van der Waals surface area contributed by atoms with Crippen molar-refractivity contribution in [2.45, 2.75) is 107 Å². The zero-order valence-corrected chi connectivity index (χ0v) is 17.9. The monoisotopic (exact) mass is 454 g/mol. The van der Waals surface area contributed by atoms with E-state index in [1.54, 1.807) is 0 Å². The summed E-state index contributed by atoms with van der Waals surface area (Å²) >= 11 is 0. The first kappa shape index (κ1) is 26.8. The lowest BCUT2D eigenvalue weighted by Crippen LogP contribution is -2.46. The van der Waals surface area contributed by atoms with Crippen molar-refractivity contribution >= 4 is 0 Å². The molecule has 0 aliphatic carbocycles. The third-order valence-electron chi connectivity index (χ3n) is 5.71. The Balaban J connectivity index is 1.84. The second kappa shape index (κ2) is 13.3. The Morgan fingerprint density at radius 2 is 1.32 bits per heavy atom. The molecule has 31 heavy (non-hydrogen) atoms. The molecule has 0 spiro atoms. The van der Waals surface area contributed by atoms with Crippen molar-refractivity contribution in [3.05, 3.63) is 0 Å². The van der Waals surface area contributed by atoms with Gasteiger partial charge in [0.2, 0.25) is 0 Å². The van der Waals surface area contributed by atoms with Gasteiger partial charge in [-0.05, 0) is 6.42 Å². The molecule has 184 valence electrons. The highest BCUT2D eigenvalue weighted by atomic mass is 16.7. The van der Waals surface area contributed by atoms with E-state index in [1.165, 1.54) is 6.42 Å². The summed E-state index contributed by atoms with van der Waals surface area (Å²) in [7, 11) is 0. The van der Waals surface area contributed by atoms with Crippen molar-refractivity contribution < 1.29 is 54.7 Å². The molecule has 11 nitrogen and oxygen atoms in total. The number of hydrogen-bond donors (Lipinski definition) is 7. The van der Waals surface area contributed by atoms with Crippen LogP contribution in [0.3, 0.4) is 0 Å². The first-order valence-electron chi connectivity index (χ1n) is 11.1. The molecule has 0 bridgehead atoms. The molecule has 1 unspecified atom stereocenters. The molecule has 2 rings (SSSR count). The summed E-state index contributed by atoms with van der Waals surface area (Å²) in [4.78, 5) is 0. The standard InChI is InChI=1S/C20H38O11/c1-2-3-4-5-6-7-8-28-19-15(26)14(25)18(31-19)12(10-22)29-20-16(27)13(24)17(30-20)11(23)9-21/h11-27H,2-10H2,1H3/t11-,12-,13+,14+,15+,16+,17-,18?,19+,20+/m0/s1. The van der Waals surface area contributed by atoms with Crippen molar-refractivity contribution in [1.82, 2.24) is 0 Å². The van der Waals surface area contributed by atoms with Crippen LogP contribution in [0.2, 0.25) is 0 Å². The third-order valence-corrected chi connectivity index (χ3v) is 5.71. The lowest BCUT2D eigenvalue weighted by molar-refractivity contribution is -0.243. The van der Waals surface area contributed by atoms with Crippen LogP contribution in [-0.2, 0) is 18.9 Å². The first-order chi connectivity index (χ1) is 14.8. The Morgan fingerprint density at radius 1 is 0.742 bits per heavy atom. The molecule has 7 N–H and O–H groups in total. The van der Waals surface area contributed by atoms with Crippen LogP contribution in [0.5, 0.6) is 0 Å². The topological polar surface area (TPSA) is 179 Å². The van der Waals surface area contributed by atoms with E-state index in [1.807, 2.05) is 0 Å². The second-order valence-corrected chi connectivity index (χ2v) is 8.15. The maximum atomic E-state index is 10.3. The van der Waals surface area contributed by atoms with E-state index < -0.39 is 74.6 Å². The molecule has 0 amide bonds. The summed E-state index contributed by atoms with van der Waals surface area (Å²) in [5.41, 5.74) is 0. The molecular formula is C20H38O11. The summed E-state index contributed by atoms with van der Waals surface area (Å²) in [5, 5.41) is 69.0. The maximum absolute atomic E-state index is 10.3. The molecular weight excluding hydrogens is 416 g/mol. The summed E-state index contributed by atoms with van der Waals surface area (Å²) in [6, 6.07) is 0. The van der Waals surface area contributed by atoms with Gasteiger partial charge in [0.1, 0.15) is 48.8 Å². The van der Waals surface area contributed by atoms with Crippen LogP contribution in [0.15, 0.2) is 0 Å². The molecule has 2 fully saturated rings. The van der Waals surface area contributed by atoms with E-state index in [0.717, 1.165) is 32.1 Å². The van der Waals surface area contributed by atoms with Gasteiger partial charge in [0, 0.05) is 6.61 Å². The highest BCUT2D eigenvalue weighted by Gasteiger charge is 2.51. The van der Waals surface area contributed by atoms with Gasteiger partial charge in [-0.3, -0.25) is 0 Å². The molecule has 2 aliphatic rings. The zero-order valence-electron chi connectivity index (χ0n) is 17.9. The first-order valence-corrected chi connectivity index (χ1v) is 11.1. The fourth-order valence-corrected chi connectivity index (χ4v) is 3.80. The van der Waals surface area contributed by atoms with Crippen LogP contribution in [-0.4, -0.2) is 117 Å². The van der Waals surface area contributed by atoms with E-state index >= 15 is 0 Å². The average Bonchev–Trinajstić information content (AvgIpc) is 3.21. The zero-order chi connectivity index (χ0) is 23.0. The summed E-state index contributed by atoms with van der Waals surface area (Å²) in [6.45, 7) is 1.15. The minimum atomic E-state index is -1.57. The highest BCUT2D eigenvalue weighted by molar-refractivity contribution is 4.94. The molecule has 10 atom stereocenters. The van der Waals surface area contributed by atoms with E-state index in [2.05, 4.69) is 6.92 Å². The van der Waals surface area contributed by atoms with Crippen LogP contribution in [0.1, 0.15) is 45.4 Å². The number of unbranched alkanes of at least 4 members (excludes halogenated alkanes) is 5. The van der Waals surface area contributed by atoms with Gasteiger partial charge in [-0.15, -0.1) is 0 Å². The van der Waals surface area contributed by atoms with Crippen LogP contribution in [0, 0.1) is 0 Å². The second-order valence-electron chi connectivity index (χ2n) is 8.15. The number of aliphatic hydroxyl groups excluding tert-OH is 7. The predicted molar refractivity (Wildman–Crippen MR) is 106 cm³/mol. The Hall–Kier alpha value is -0.440. The van der Waals surface area contributed by atoms with Crippen molar-refractivity contribution in [2.24, 2.45) is 0 Å². The molecule has 2 saturated heterocycles. The largest absolute Gasteiger partial charge is 0.394 e. The number of ether oxygens (including phenoxy) is 4. The highest BCUT2D eigenvalue weighted by Crippen LogP contribution is 2.30. The Kier molecular flexibility index (Phi) is 11.5. The quantitative estimate of drug-likeness (QED) is 0.144. The smallest absolute Gasteiger partial charge is 0.187 e. The van der Waals surface area contributed by atoms with Crippen molar-refractivity contribution in [3.8, 4) is 0 Å². The third kappa shape index (κ3) is 7.02. The Bertz CT molecular complexity index is 496. The summed E-state index contributed by atoms with van der Waals surface area (Å²) in [5.74, 6) is 0. The van der Waals surface area contributed by atoms with Crippen molar-refractivity contribution in [3.63, 3.8) is 0 Å². The van der Waals surface area contributed by atoms with Gasteiger partial charge in [-0.1, -0.05) is 39.0 Å². The fraction of sp³-hybridized carbons (Fsp3) is 1.00. The van der Waals surface area contributed by atoms with E-state index in [-0.39, 0.29) is 0 Å². The molecule has 0 aromatic heterocycles. The van der Waals surface area contributed by atoms with Crippen molar-refractivity contribution in [2.75, 3.05) is 19.8 Å². The van der Waals surface area contributed by atoms with Gasteiger partial charge < -0.3 is 54.7 Å². The van der Waals surface area contributed by atoms with E-state index in [0.29, 0.717) is 6.61 Å². The molecule has 2 aliphatic heterocycles. The van der Waals surface area contributed by atoms with Gasteiger partial charge in [0.15, 0.2) is 12.6 Å². The van der Waals surface area contributed by atoms with Crippen LogP contribution >= 0.6 is 0 Å². The van der Waals surface area contributed by atoms with Gasteiger partial charge >= 0.3 is 0 Å². The van der Waals surface area contributed by atoms with Gasteiger partial charge in [-0.2, -0.15) is 0 Å². The molecule has 11 heteroatoms. The van der Waals surface area contributed by atoms with Crippen LogP contribution in [0.4, 0.5) is 0 Å². The van der Waals surface area contributed by atoms with Crippen molar-refractivity contribution in [1.29, 1.82) is 0 Å². The molecule has 0 aromatic rings. The lowest BCUT2D eigenvalue weighted by atomic mass is 10.1. The number of hydrogen-bond acceptors (Lipinski definition) is 11. The van der Waals surface area contributed by atoms with Crippen LogP contribution in [0.25, 0.3) is 0 Å². The lowest BCUT2D eigenvalue weighted by Gasteiger charge is -2.28. The molecule has 0 radical (unpaired) electrons. The summed E-state index contributed by atoms with van der Waals surface area (Å²) < 4.78 is 21.8. The van der Waals surface area contributed by atoms with Crippen LogP contribution < -0.4 is 0 Å². The molecule has 0 aromatic carbocycles. The number of rotatable bonds is 14. The predicted octanol–water partition coefficient (Wildman–Crippen LogP) is -2.01. The maximum Gasteiger partial charge on any atom is 0.187 e. The Morgan fingerprint density at radius 3 is 1.97 bits per heavy atom. The van der Waals surface area contributed by atoms with E-state index in [4.69, 9.17) is 24.1 Å². The normalized spacial score (nSPS) is 37.9. The molecule has 2 heterocycles.